The lowest BCUT2D eigenvalue weighted by Crippen LogP contribution is -2.47. The Balaban J connectivity index is 2.17. The summed E-state index contributed by atoms with van der Waals surface area (Å²) in [5.41, 5.74) is 2.00. The number of hydrogen-bond acceptors (Lipinski definition) is 2. The average molecular weight is 288 g/mol. The Morgan fingerprint density at radius 2 is 2.05 bits per heavy atom. The molecular formula is C17H24N2O2. The number of likely N-dealkylation sites (tertiary alicyclic amines) is 1. The minimum absolute atomic E-state index is 0.00657. The van der Waals surface area contributed by atoms with E-state index in [1.807, 2.05) is 45.0 Å². The van der Waals surface area contributed by atoms with Crippen LogP contribution >= 0.6 is 0 Å². The Hall–Kier alpha value is -1.84. The smallest absolute Gasteiger partial charge is 0.249 e. The van der Waals surface area contributed by atoms with E-state index in [0.717, 1.165) is 24.1 Å². The van der Waals surface area contributed by atoms with Gasteiger partial charge < -0.3 is 9.80 Å². The van der Waals surface area contributed by atoms with Crippen molar-refractivity contribution >= 4 is 17.5 Å². The second-order valence-electron chi connectivity index (χ2n) is 6.08. The molecule has 0 saturated carbocycles. The van der Waals surface area contributed by atoms with E-state index in [-0.39, 0.29) is 23.8 Å². The fraction of sp³-hybridized carbons (Fsp3) is 0.529. The molecule has 1 aromatic carbocycles. The first-order valence-electron chi connectivity index (χ1n) is 7.56. The van der Waals surface area contributed by atoms with E-state index in [0.29, 0.717) is 6.54 Å². The fourth-order valence-corrected chi connectivity index (χ4v) is 2.81. The zero-order chi connectivity index (χ0) is 15.6. The Bertz CT molecular complexity index is 539. The van der Waals surface area contributed by atoms with Gasteiger partial charge in [0.2, 0.25) is 11.8 Å². The summed E-state index contributed by atoms with van der Waals surface area (Å²) in [6.45, 7) is 6.46. The molecule has 21 heavy (non-hydrogen) atoms. The van der Waals surface area contributed by atoms with Crippen molar-refractivity contribution in [2.45, 2.75) is 39.7 Å². The molecule has 4 heteroatoms. The predicted molar refractivity (Wildman–Crippen MR) is 84.2 cm³/mol. The van der Waals surface area contributed by atoms with E-state index in [1.165, 1.54) is 0 Å². The van der Waals surface area contributed by atoms with Crippen LogP contribution in [0.5, 0.6) is 0 Å². The molecule has 0 spiro atoms. The number of aryl methyl sites for hydroxylation is 1. The molecule has 0 aliphatic carbocycles. The van der Waals surface area contributed by atoms with Gasteiger partial charge in [0, 0.05) is 25.2 Å². The standard InChI is InChI=1S/C17H24N2O2/c1-12(2)16(20)19-10-6-9-15(19)17(21)18(4)14-8-5-7-13(3)11-14/h5,7-8,11-12,15H,6,9-10H2,1-4H3. The minimum Gasteiger partial charge on any atom is -0.330 e. The van der Waals surface area contributed by atoms with Crippen molar-refractivity contribution < 1.29 is 9.59 Å². The molecule has 0 N–H and O–H groups in total. The van der Waals surface area contributed by atoms with Crippen LogP contribution in [-0.2, 0) is 9.59 Å². The molecular weight excluding hydrogens is 264 g/mol. The number of anilines is 1. The number of rotatable bonds is 3. The van der Waals surface area contributed by atoms with Crippen molar-refractivity contribution in [3.63, 3.8) is 0 Å². The predicted octanol–water partition coefficient (Wildman–Crippen LogP) is 2.60. The quantitative estimate of drug-likeness (QED) is 0.858. The summed E-state index contributed by atoms with van der Waals surface area (Å²) in [6, 6.07) is 7.55. The SMILES string of the molecule is Cc1cccc(N(C)C(=O)C2CCCN2C(=O)C(C)C)c1. The Kier molecular flexibility index (Phi) is 4.66. The molecule has 0 radical (unpaired) electrons. The van der Waals surface area contributed by atoms with Gasteiger partial charge in [-0.2, -0.15) is 0 Å². The Morgan fingerprint density at radius 3 is 2.67 bits per heavy atom. The molecule has 1 fully saturated rings. The molecule has 0 aromatic heterocycles. The van der Waals surface area contributed by atoms with Crippen LogP contribution in [0.4, 0.5) is 5.69 Å². The second kappa shape index (κ2) is 6.29. The summed E-state index contributed by atoms with van der Waals surface area (Å²) in [4.78, 5) is 28.4. The zero-order valence-corrected chi connectivity index (χ0v) is 13.3. The van der Waals surface area contributed by atoms with Crippen molar-refractivity contribution in [3.05, 3.63) is 29.8 Å². The zero-order valence-electron chi connectivity index (χ0n) is 13.3. The normalized spacial score (nSPS) is 18.1. The number of amides is 2. The van der Waals surface area contributed by atoms with Crippen LogP contribution in [0.3, 0.4) is 0 Å². The minimum atomic E-state index is -0.314. The highest BCUT2D eigenvalue weighted by Gasteiger charge is 2.36. The molecule has 0 bridgehead atoms. The third kappa shape index (κ3) is 3.26. The summed E-state index contributed by atoms with van der Waals surface area (Å²) in [5.74, 6) is 0.0123. The lowest BCUT2D eigenvalue weighted by atomic mass is 10.1. The molecule has 1 aromatic rings. The molecule has 1 atom stereocenters. The Labute approximate surface area is 126 Å². The molecule has 4 nitrogen and oxygen atoms in total. The summed E-state index contributed by atoms with van der Waals surface area (Å²) in [6.07, 6.45) is 1.66. The topological polar surface area (TPSA) is 40.6 Å². The van der Waals surface area contributed by atoms with Gasteiger partial charge in [0.1, 0.15) is 6.04 Å². The summed E-state index contributed by atoms with van der Waals surface area (Å²) in [5, 5.41) is 0. The van der Waals surface area contributed by atoms with Crippen LogP contribution < -0.4 is 4.90 Å². The van der Waals surface area contributed by atoms with Crippen molar-refractivity contribution in [1.82, 2.24) is 4.90 Å². The van der Waals surface area contributed by atoms with Crippen molar-refractivity contribution in [2.75, 3.05) is 18.5 Å². The van der Waals surface area contributed by atoms with E-state index in [9.17, 15) is 9.59 Å². The number of nitrogens with zero attached hydrogens (tertiary/aromatic N) is 2. The van der Waals surface area contributed by atoms with Gasteiger partial charge in [-0.1, -0.05) is 26.0 Å². The first-order valence-corrected chi connectivity index (χ1v) is 7.56. The van der Waals surface area contributed by atoms with Crippen LogP contribution in [0.25, 0.3) is 0 Å². The maximum absolute atomic E-state index is 12.7. The van der Waals surface area contributed by atoms with Crippen molar-refractivity contribution in [2.24, 2.45) is 5.92 Å². The Morgan fingerprint density at radius 1 is 1.33 bits per heavy atom. The van der Waals surface area contributed by atoms with Crippen LogP contribution in [0.15, 0.2) is 24.3 Å². The van der Waals surface area contributed by atoms with E-state index in [1.54, 1.807) is 16.8 Å². The second-order valence-corrected chi connectivity index (χ2v) is 6.08. The summed E-state index contributed by atoms with van der Waals surface area (Å²) >= 11 is 0. The van der Waals surface area contributed by atoms with Crippen molar-refractivity contribution in [1.29, 1.82) is 0 Å². The third-order valence-electron chi connectivity index (χ3n) is 4.03. The highest BCUT2D eigenvalue weighted by atomic mass is 16.2. The fourth-order valence-electron chi connectivity index (χ4n) is 2.81. The number of carbonyl (C=O) groups is 2. The number of carbonyl (C=O) groups excluding carboxylic acids is 2. The molecule has 1 aliphatic rings. The first-order chi connectivity index (χ1) is 9.91. The van der Waals surface area contributed by atoms with Crippen molar-refractivity contribution in [3.8, 4) is 0 Å². The van der Waals surface area contributed by atoms with Gasteiger partial charge in [0.25, 0.3) is 0 Å². The van der Waals surface area contributed by atoms with Crippen LogP contribution in [0.1, 0.15) is 32.3 Å². The van der Waals surface area contributed by atoms with Gasteiger partial charge in [-0.15, -0.1) is 0 Å². The van der Waals surface area contributed by atoms with Gasteiger partial charge in [-0.25, -0.2) is 0 Å². The molecule has 1 unspecified atom stereocenters. The lowest BCUT2D eigenvalue weighted by Gasteiger charge is -2.29. The molecule has 1 aliphatic heterocycles. The summed E-state index contributed by atoms with van der Waals surface area (Å²) in [7, 11) is 1.79. The average Bonchev–Trinajstić information content (AvgIpc) is 2.94. The third-order valence-corrected chi connectivity index (χ3v) is 4.03. The maximum atomic E-state index is 12.7. The van der Waals surface area contributed by atoms with Gasteiger partial charge in [0.05, 0.1) is 0 Å². The highest BCUT2D eigenvalue weighted by molar-refractivity contribution is 5.99. The molecule has 1 heterocycles. The maximum Gasteiger partial charge on any atom is 0.249 e. The molecule has 1 saturated heterocycles. The monoisotopic (exact) mass is 288 g/mol. The van der Waals surface area contributed by atoms with Crippen LogP contribution in [0, 0.1) is 12.8 Å². The van der Waals surface area contributed by atoms with Gasteiger partial charge in [-0.05, 0) is 37.5 Å². The van der Waals surface area contributed by atoms with E-state index < -0.39 is 0 Å². The largest absolute Gasteiger partial charge is 0.330 e. The van der Waals surface area contributed by atoms with Crippen LogP contribution in [0.2, 0.25) is 0 Å². The van der Waals surface area contributed by atoms with Gasteiger partial charge in [-0.3, -0.25) is 9.59 Å². The number of likely N-dealkylation sites (N-methyl/N-ethyl adjacent to an activating group) is 1. The van der Waals surface area contributed by atoms with E-state index in [2.05, 4.69) is 0 Å². The first kappa shape index (κ1) is 15.5. The molecule has 114 valence electrons. The van der Waals surface area contributed by atoms with Gasteiger partial charge in [0.15, 0.2) is 0 Å². The van der Waals surface area contributed by atoms with Gasteiger partial charge >= 0.3 is 0 Å². The van der Waals surface area contributed by atoms with E-state index in [4.69, 9.17) is 0 Å². The molecule has 2 amide bonds. The highest BCUT2D eigenvalue weighted by Crippen LogP contribution is 2.24. The summed E-state index contributed by atoms with van der Waals surface area (Å²) < 4.78 is 0. The number of benzene rings is 1. The number of hydrogen-bond donors (Lipinski definition) is 0. The molecule has 2 rings (SSSR count). The van der Waals surface area contributed by atoms with E-state index >= 15 is 0 Å². The lowest BCUT2D eigenvalue weighted by molar-refractivity contribution is -0.139. The van der Waals surface area contributed by atoms with Crippen LogP contribution in [-0.4, -0.2) is 36.3 Å².